The molecule has 2 aliphatic carbocycles. The minimum atomic E-state index is -3.85. The standard InChI is InChI=1S/C37H51N5O8S/c1-4-6-14-30-33(44)42-22-27(18-31(42)32(43)20-37(19-26(37)5-2)34(45)39-51(48,49)28-15-16-28)50-36(47)41-21-25-13-10-12-24(29(25)23-41)11-8-7-9-17-40(3)35(46)38-30/h5,10,12-13,26-28,30-31H,2,4,6-9,11,14-23H2,1,3H3,(H,38,46)(H,39,45)/t26-,27-,30+,31+,37-/m1/s1. The van der Waals surface area contributed by atoms with Crippen LogP contribution in [0.15, 0.2) is 30.9 Å². The number of fused-ring (bicyclic) bond motifs is 3. The van der Waals surface area contributed by atoms with E-state index in [1.165, 1.54) is 10.5 Å². The molecule has 1 aromatic rings. The van der Waals surface area contributed by atoms with Crippen molar-refractivity contribution in [2.24, 2.45) is 11.3 Å². The van der Waals surface area contributed by atoms with Gasteiger partial charge in [-0.25, -0.2) is 18.0 Å². The third-order valence-electron chi connectivity index (χ3n) is 11.3. The topological polar surface area (TPSA) is 162 Å². The van der Waals surface area contributed by atoms with Crippen LogP contribution in [0.25, 0.3) is 0 Å². The second kappa shape index (κ2) is 15.0. The Bertz CT molecular complexity index is 1680. The Labute approximate surface area is 300 Å². The van der Waals surface area contributed by atoms with Gasteiger partial charge in [0.2, 0.25) is 21.8 Å². The first-order valence-electron chi connectivity index (χ1n) is 18.5. The van der Waals surface area contributed by atoms with Crippen LogP contribution in [-0.4, -0.2) is 96.4 Å². The predicted molar refractivity (Wildman–Crippen MR) is 189 cm³/mol. The third-order valence-corrected chi connectivity index (χ3v) is 13.1. The average molecular weight is 726 g/mol. The molecule has 0 aromatic heterocycles. The first-order valence-corrected chi connectivity index (χ1v) is 20.0. The number of Topliss-reactive ketones (excluding diaryl/α,β-unsaturated/α-hetero) is 1. The third kappa shape index (κ3) is 7.95. The molecule has 4 bridgehead atoms. The summed E-state index contributed by atoms with van der Waals surface area (Å²) in [4.78, 5) is 73.6. The van der Waals surface area contributed by atoms with Gasteiger partial charge in [0.1, 0.15) is 12.1 Å². The zero-order valence-corrected chi connectivity index (χ0v) is 30.5. The summed E-state index contributed by atoms with van der Waals surface area (Å²) in [6.07, 6.45) is 6.44. The summed E-state index contributed by atoms with van der Waals surface area (Å²) in [5.41, 5.74) is 2.08. The van der Waals surface area contributed by atoms with Gasteiger partial charge in [0.15, 0.2) is 5.78 Å². The number of unbranched alkanes of at least 4 members (excludes halogenated alkanes) is 1. The average Bonchev–Trinajstić information content (AvgIpc) is 3.99. The number of nitrogens with zero attached hydrogens (tertiary/aromatic N) is 3. The van der Waals surface area contributed by atoms with Gasteiger partial charge in [-0.2, -0.15) is 0 Å². The number of ether oxygens (including phenoxy) is 1. The van der Waals surface area contributed by atoms with Gasteiger partial charge < -0.3 is 19.9 Å². The number of aryl methyl sites for hydroxylation is 1. The van der Waals surface area contributed by atoms with Crippen LogP contribution < -0.4 is 10.0 Å². The van der Waals surface area contributed by atoms with Crippen LogP contribution in [0.4, 0.5) is 9.59 Å². The zero-order valence-electron chi connectivity index (χ0n) is 29.7. The molecule has 5 amide bonds. The SMILES string of the molecule is C=C[C@@H]1C[C@]1(CC(=O)[C@@H]1C[C@@H]2CN1C(=O)[C@H](CCCC)NC(=O)N(C)CCCCCc1cccc3c1CN(C3)C(=O)O2)C(=O)NS(=O)(=O)C1CC1. The van der Waals surface area contributed by atoms with E-state index in [0.717, 1.165) is 43.2 Å². The van der Waals surface area contributed by atoms with Crippen molar-refractivity contribution in [3.63, 3.8) is 0 Å². The number of nitrogens with one attached hydrogen (secondary N) is 2. The number of sulfonamides is 1. The van der Waals surface area contributed by atoms with Gasteiger partial charge in [0, 0.05) is 39.5 Å². The summed E-state index contributed by atoms with van der Waals surface area (Å²) >= 11 is 0. The number of ketones is 1. The van der Waals surface area contributed by atoms with Crippen molar-refractivity contribution < 1.29 is 37.1 Å². The molecular weight excluding hydrogens is 675 g/mol. The lowest BCUT2D eigenvalue weighted by atomic mass is 9.91. The summed E-state index contributed by atoms with van der Waals surface area (Å²) in [5.74, 6) is -2.02. The van der Waals surface area contributed by atoms with Crippen LogP contribution in [0.1, 0.15) is 94.2 Å². The van der Waals surface area contributed by atoms with E-state index in [4.69, 9.17) is 4.74 Å². The summed E-state index contributed by atoms with van der Waals surface area (Å²) < 4.78 is 33.6. The number of benzene rings is 1. The number of allylic oxidation sites excluding steroid dienone is 1. The predicted octanol–water partition coefficient (Wildman–Crippen LogP) is 3.79. The largest absolute Gasteiger partial charge is 0.444 e. The van der Waals surface area contributed by atoms with Gasteiger partial charge in [-0.15, -0.1) is 6.58 Å². The van der Waals surface area contributed by atoms with Gasteiger partial charge in [-0.1, -0.05) is 50.5 Å². The maximum absolute atomic E-state index is 14.3. The minimum absolute atomic E-state index is 0.0214. The molecule has 3 aliphatic heterocycles. The molecule has 2 N–H and O–H groups in total. The van der Waals surface area contributed by atoms with Crippen molar-refractivity contribution in [3.05, 3.63) is 47.5 Å². The van der Waals surface area contributed by atoms with Crippen molar-refractivity contribution in [1.82, 2.24) is 24.7 Å². The van der Waals surface area contributed by atoms with Gasteiger partial charge in [-0.05, 0) is 67.6 Å². The summed E-state index contributed by atoms with van der Waals surface area (Å²) in [6.45, 7) is 7.06. The maximum atomic E-state index is 14.3. The number of hydrogen-bond donors (Lipinski definition) is 2. The van der Waals surface area contributed by atoms with Crippen molar-refractivity contribution in [2.75, 3.05) is 20.1 Å². The number of amides is 5. The maximum Gasteiger partial charge on any atom is 0.410 e. The van der Waals surface area contributed by atoms with Crippen LogP contribution in [0, 0.1) is 11.3 Å². The number of carbonyl (C=O) groups is 5. The van der Waals surface area contributed by atoms with Gasteiger partial charge >= 0.3 is 12.1 Å². The Morgan fingerprint density at radius 3 is 2.59 bits per heavy atom. The van der Waals surface area contributed by atoms with E-state index in [1.54, 1.807) is 22.9 Å². The lowest BCUT2D eigenvalue weighted by Crippen LogP contribution is -2.54. The molecule has 14 heteroatoms. The van der Waals surface area contributed by atoms with E-state index in [0.29, 0.717) is 45.3 Å². The molecule has 1 saturated heterocycles. The Hall–Kier alpha value is -3.94. The Morgan fingerprint density at radius 2 is 1.88 bits per heavy atom. The summed E-state index contributed by atoms with van der Waals surface area (Å²) in [7, 11) is -2.15. The van der Waals surface area contributed by atoms with Gasteiger partial charge in [0.05, 0.1) is 23.3 Å². The highest BCUT2D eigenvalue weighted by molar-refractivity contribution is 7.90. The lowest BCUT2D eigenvalue weighted by Gasteiger charge is -2.30. The molecule has 278 valence electrons. The molecule has 0 unspecified atom stereocenters. The Kier molecular flexibility index (Phi) is 10.8. The van der Waals surface area contributed by atoms with Crippen molar-refractivity contribution >= 4 is 39.7 Å². The van der Waals surface area contributed by atoms with Crippen LogP contribution >= 0.6 is 0 Å². The molecule has 3 heterocycles. The van der Waals surface area contributed by atoms with E-state index >= 15 is 0 Å². The summed E-state index contributed by atoms with van der Waals surface area (Å²) in [6, 6.07) is 3.77. The number of carbonyl (C=O) groups excluding carboxylic acids is 5. The highest BCUT2D eigenvalue weighted by atomic mass is 32.2. The van der Waals surface area contributed by atoms with Crippen LogP contribution in [-0.2, 0) is 48.7 Å². The fourth-order valence-electron chi connectivity index (χ4n) is 7.88. The van der Waals surface area contributed by atoms with Crippen molar-refractivity contribution in [3.8, 4) is 0 Å². The fourth-order valence-corrected chi connectivity index (χ4v) is 9.26. The molecule has 13 nitrogen and oxygen atoms in total. The zero-order chi connectivity index (χ0) is 36.5. The van der Waals surface area contributed by atoms with E-state index in [-0.39, 0.29) is 31.8 Å². The molecule has 2 saturated carbocycles. The molecule has 0 spiro atoms. The van der Waals surface area contributed by atoms with E-state index in [1.807, 2.05) is 19.1 Å². The lowest BCUT2D eigenvalue weighted by molar-refractivity contribution is -0.140. The van der Waals surface area contributed by atoms with Gasteiger partial charge in [0.25, 0.3) is 0 Å². The molecule has 1 aromatic carbocycles. The molecule has 6 rings (SSSR count). The fraction of sp³-hybridized carbons (Fsp3) is 0.649. The van der Waals surface area contributed by atoms with Crippen molar-refractivity contribution in [2.45, 2.75) is 121 Å². The number of rotatable bonds is 10. The van der Waals surface area contributed by atoms with Crippen LogP contribution in [0.5, 0.6) is 0 Å². The first kappa shape index (κ1) is 36.8. The molecule has 5 atom stereocenters. The van der Waals surface area contributed by atoms with Crippen LogP contribution in [0.3, 0.4) is 0 Å². The minimum Gasteiger partial charge on any atom is -0.444 e. The second-order valence-electron chi connectivity index (χ2n) is 15.1. The molecule has 0 radical (unpaired) electrons. The quantitative estimate of drug-likeness (QED) is 0.345. The van der Waals surface area contributed by atoms with E-state index in [9.17, 15) is 32.4 Å². The summed E-state index contributed by atoms with van der Waals surface area (Å²) in [5, 5.41) is 2.30. The molecular formula is C37H51N5O8S. The van der Waals surface area contributed by atoms with Gasteiger partial charge in [-0.3, -0.25) is 24.0 Å². The second-order valence-corrected chi connectivity index (χ2v) is 17.0. The monoisotopic (exact) mass is 725 g/mol. The first-order chi connectivity index (χ1) is 24.4. The van der Waals surface area contributed by atoms with E-state index in [2.05, 4.69) is 22.7 Å². The highest BCUT2D eigenvalue weighted by Gasteiger charge is 2.61. The number of urea groups is 1. The Balaban J connectivity index is 1.26. The number of hydrogen-bond acceptors (Lipinski definition) is 8. The van der Waals surface area contributed by atoms with Crippen molar-refractivity contribution in [1.29, 1.82) is 0 Å². The molecule has 5 aliphatic rings. The Morgan fingerprint density at radius 1 is 1.12 bits per heavy atom. The molecule has 51 heavy (non-hydrogen) atoms. The molecule has 3 fully saturated rings. The smallest absolute Gasteiger partial charge is 0.410 e. The van der Waals surface area contributed by atoms with E-state index < -0.39 is 68.5 Å². The van der Waals surface area contributed by atoms with Crippen LogP contribution in [0.2, 0.25) is 0 Å². The normalized spacial score (nSPS) is 28.7. The highest BCUT2D eigenvalue weighted by Crippen LogP contribution is 2.57.